The first kappa shape index (κ1) is 20.0. The smallest absolute Gasteiger partial charge is 0.146 e. The summed E-state index contributed by atoms with van der Waals surface area (Å²) in [6, 6.07) is 8.53. The minimum Gasteiger partial charge on any atom is -0.383 e. The molecule has 0 unspecified atom stereocenters. The highest BCUT2D eigenvalue weighted by Gasteiger charge is 2.19. The van der Waals surface area contributed by atoms with Crippen molar-refractivity contribution >= 4 is 27.6 Å². The maximum absolute atomic E-state index is 15.6. The standard InChI is InChI=1S/C24H18F3N5/c1-2-32-11-20(21-23(28)30-12-31-24(21)32)18-4-3-14-8-17(29-10-19(14)22(18)27)7-13-5-15(25)9-16(26)6-13/h3-6,8-12H,2,7H2,1H3,(H2,28,30,31). The topological polar surface area (TPSA) is 69.6 Å². The van der Waals surface area contributed by atoms with Crippen LogP contribution in [0, 0.1) is 17.5 Å². The average molecular weight is 433 g/mol. The van der Waals surface area contributed by atoms with E-state index < -0.39 is 17.5 Å². The maximum atomic E-state index is 15.6. The fourth-order valence-corrected chi connectivity index (χ4v) is 4.05. The minimum atomic E-state index is -0.647. The monoisotopic (exact) mass is 433 g/mol. The SMILES string of the molecule is CCn1cc(-c2ccc3cc(Cc4cc(F)cc(F)c4)ncc3c2F)c2c(N)ncnc21. The van der Waals surface area contributed by atoms with E-state index in [2.05, 4.69) is 15.0 Å². The number of rotatable bonds is 4. The minimum absolute atomic E-state index is 0.228. The van der Waals surface area contributed by atoms with Crippen LogP contribution in [0.4, 0.5) is 19.0 Å². The van der Waals surface area contributed by atoms with Crippen molar-refractivity contribution in [2.24, 2.45) is 0 Å². The molecule has 0 saturated carbocycles. The molecule has 0 aliphatic rings. The lowest BCUT2D eigenvalue weighted by atomic mass is 10.00. The first-order chi connectivity index (χ1) is 15.4. The van der Waals surface area contributed by atoms with Crippen molar-refractivity contribution in [3.05, 3.63) is 83.8 Å². The molecule has 0 aliphatic heterocycles. The van der Waals surface area contributed by atoms with Gasteiger partial charge in [-0.2, -0.15) is 0 Å². The number of nitrogens with two attached hydrogens (primary N) is 1. The Balaban J connectivity index is 1.60. The molecule has 3 aromatic heterocycles. The van der Waals surface area contributed by atoms with Gasteiger partial charge in [0.1, 0.15) is 35.2 Å². The van der Waals surface area contributed by atoms with Crippen LogP contribution < -0.4 is 5.73 Å². The molecule has 0 amide bonds. The second-order valence-corrected chi connectivity index (χ2v) is 7.56. The van der Waals surface area contributed by atoms with Gasteiger partial charge >= 0.3 is 0 Å². The second kappa shape index (κ2) is 7.64. The van der Waals surface area contributed by atoms with Crippen LogP contribution in [0.1, 0.15) is 18.2 Å². The summed E-state index contributed by atoms with van der Waals surface area (Å²) in [7, 11) is 0. The summed E-state index contributed by atoms with van der Waals surface area (Å²) >= 11 is 0. The van der Waals surface area contributed by atoms with Crippen molar-refractivity contribution in [3.8, 4) is 11.1 Å². The molecule has 0 aliphatic carbocycles. The fraction of sp³-hybridized carbons (Fsp3) is 0.125. The van der Waals surface area contributed by atoms with Crippen LogP contribution in [0.15, 0.2) is 55.1 Å². The molecule has 5 aromatic rings. The van der Waals surface area contributed by atoms with Crippen LogP contribution >= 0.6 is 0 Å². The van der Waals surface area contributed by atoms with E-state index >= 15 is 4.39 Å². The lowest BCUT2D eigenvalue weighted by molar-refractivity contribution is 0.580. The third-order valence-electron chi connectivity index (χ3n) is 5.52. The van der Waals surface area contributed by atoms with Crippen LogP contribution in [0.5, 0.6) is 0 Å². The molecule has 3 heterocycles. The molecule has 0 saturated heterocycles. The lowest BCUT2D eigenvalue weighted by Gasteiger charge is -2.08. The molecule has 0 fully saturated rings. The number of hydrogen-bond donors (Lipinski definition) is 1. The average Bonchev–Trinajstić information content (AvgIpc) is 3.13. The van der Waals surface area contributed by atoms with Gasteiger partial charge in [-0.15, -0.1) is 0 Å². The number of benzene rings is 2. The molecule has 2 N–H and O–H groups in total. The van der Waals surface area contributed by atoms with Gasteiger partial charge in [0, 0.05) is 53.6 Å². The molecule has 2 aromatic carbocycles. The molecule has 160 valence electrons. The third kappa shape index (κ3) is 3.33. The van der Waals surface area contributed by atoms with Crippen LogP contribution in [-0.2, 0) is 13.0 Å². The van der Waals surface area contributed by atoms with Crippen molar-refractivity contribution in [1.82, 2.24) is 19.5 Å². The summed E-state index contributed by atoms with van der Waals surface area (Å²) in [5.74, 6) is -1.44. The van der Waals surface area contributed by atoms with Crippen LogP contribution in [0.25, 0.3) is 32.9 Å². The van der Waals surface area contributed by atoms with Crippen LogP contribution in [0.3, 0.4) is 0 Å². The van der Waals surface area contributed by atoms with Gasteiger partial charge in [0.05, 0.1) is 5.39 Å². The van der Waals surface area contributed by atoms with E-state index in [1.54, 1.807) is 18.2 Å². The van der Waals surface area contributed by atoms with E-state index in [9.17, 15) is 8.78 Å². The molecule has 5 nitrogen and oxygen atoms in total. The Morgan fingerprint density at radius 2 is 1.72 bits per heavy atom. The summed E-state index contributed by atoms with van der Waals surface area (Å²) in [6.45, 7) is 2.61. The predicted molar refractivity (Wildman–Crippen MR) is 117 cm³/mol. The fourth-order valence-electron chi connectivity index (χ4n) is 4.05. The largest absolute Gasteiger partial charge is 0.383 e. The van der Waals surface area contributed by atoms with Crippen molar-refractivity contribution in [2.75, 3.05) is 5.73 Å². The Morgan fingerprint density at radius 3 is 2.47 bits per heavy atom. The summed E-state index contributed by atoms with van der Waals surface area (Å²) in [6.07, 6.45) is 4.88. The summed E-state index contributed by atoms with van der Waals surface area (Å²) in [4.78, 5) is 12.7. The molecule has 5 rings (SSSR count). The Bertz CT molecular complexity index is 1470. The number of nitrogen functional groups attached to an aromatic ring is 1. The Hall–Kier alpha value is -3.94. The number of aromatic nitrogens is 4. The quantitative estimate of drug-likeness (QED) is 0.420. The first-order valence-corrected chi connectivity index (χ1v) is 10.1. The highest BCUT2D eigenvalue weighted by molar-refractivity contribution is 6.02. The van der Waals surface area contributed by atoms with Gasteiger partial charge in [0.25, 0.3) is 0 Å². The van der Waals surface area contributed by atoms with Gasteiger partial charge in [-0.05, 0) is 36.1 Å². The van der Waals surface area contributed by atoms with Crippen LogP contribution in [-0.4, -0.2) is 19.5 Å². The number of anilines is 1. The van der Waals surface area contributed by atoms with Gasteiger partial charge in [-0.3, -0.25) is 4.98 Å². The molecule has 0 bridgehead atoms. The van der Waals surface area contributed by atoms with E-state index in [1.807, 2.05) is 17.7 Å². The molecule has 0 spiro atoms. The molecule has 0 atom stereocenters. The third-order valence-corrected chi connectivity index (χ3v) is 5.52. The molecule has 0 radical (unpaired) electrons. The number of halogens is 3. The highest BCUT2D eigenvalue weighted by atomic mass is 19.1. The Kier molecular flexibility index (Phi) is 4.77. The lowest BCUT2D eigenvalue weighted by Crippen LogP contribution is -1.97. The van der Waals surface area contributed by atoms with E-state index in [1.165, 1.54) is 24.7 Å². The number of aryl methyl sites for hydroxylation is 1. The van der Waals surface area contributed by atoms with Gasteiger partial charge in [-0.25, -0.2) is 23.1 Å². The number of nitrogens with zero attached hydrogens (tertiary/aromatic N) is 4. The molecular weight excluding hydrogens is 415 g/mol. The van der Waals surface area contributed by atoms with E-state index in [0.717, 1.165) is 6.07 Å². The van der Waals surface area contributed by atoms with Crippen molar-refractivity contribution in [2.45, 2.75) is 19.9 Å². The van der Waals surface area contributed by atoms with Crippen molar-refractivity contribution in [3.63, 3.8) is 0 Å². The molecular formula is C24H18F3N5. The van der Waals surface area contributed by atoms with Gasteiger partial charge < -0.3 is 10.3 Å². The maximum Gasteiger partial charge on any atom is 0.146 e. The zero-order valence-electron chi connectivity index (χ0n) is 17.1. The van der Waals surface area contributed by atoms with Gasteiger partial charge in [-0.1, -0.05) is 12.1 Å². The predicted octanol–water partition coefficient (Wildman–Crippen LogP) is 5.26. The van der Waals surface area contributed by atoms with Gasteiger partial charge in [0.2, 0.25) is 0 Å². The zero-order valence-corrected chi connectivity index (χ0v) is 17.1. The number of fused-ring (bicyclic) bond motifs is 2. The van der Waals surface area contributed by atoms with E-state index in [-0.39, 0.29) is 12.2 Å². The second-order valence-electron chi connectivity index (χ2n) is 7.56. The number of pyridine rings is 1. The van der Waals surface area contributed by atoms with E-state index in [0.29, 0.717) is 50.7 Å². The van der Waals surface area contributed by atoms with Crippen molar-refractivity contribution < 1.29 is 13.2 Å². The van der Waals surface area contributed by atoms with Crippen molar-refractivity contribution in [1.29, 1.82) is 0 Å². The first-order valence-electron chi connectivity index (χ1n) is 10.1. The molecule has 32 heavy (non-hydrogen) atoms. The zero-order chi connectivity index (χ0) is 22.4. The van der Waals surface area contributed by atoms with E-state index in [4.69, 9.17) is 5.73 Å². The Labute approximate surface area is 181 Å². The van der Waals surface area contributed by atoms with Gasteiger partial charge in [0.15, 0.2) is 0 Å². The normalized spacial score (nSPS) is 11.5. The summed E-state index contributed by atoms with van der Waals surface area (Å²) in [5.41, 5.74) is 8.75. The summed E-state index contributed by atoms with van der Waals surface area (Å²) in [5, 5.41) is 1.58. The highest BCUT2D eigenvalue weighted by Crippen LogP contribution is 2.36. The molecule has 8 heteroatoms. The van der Waals surface area contributed by atoms with Crippen LogP contribution in [0.2, 0.25) is 0 Å². The summed E-state index contributed by atoms with van der Waals surface area (Å²) < 4.78 is 44.4. The number of hydrogen-bond acceptors (Lipinski definition) is 4. The Morgan fingerprint density at radius 1 is 0.938 bits per heavy atom.